The van der Waals surface area contributed by atoms with E-state index in [9.17, 15) is 19.8 Å². The van der Waals surface area contributed by atoms with Crippen molar-refractivity contribution in [2.75, 3.05) is 23.3 Å². The second kappa shape index (κ2) is 12.0. The molecule has 0 atom stereocenters. The van der Waals surface area contributed by atoms with Crippen molar-refractivity contribution < 1.29 is 14.6 Å². The zero-order valence-corrected chi connectivity index (χ0v) is 27.1. The minimum absolute atomic E-state index is 0.0975. The Morgan fingerprint density at radius 3 is 2.43 bits per heavy atom. The zero-order valence-electron chi connectivity index (χ0n) is 27.1. The van der Waals surface area contributed by atoms with Crippen LogP contribution in [0, 0.1) is 5.82 Å². The predicted octanol–water partition coefficient (Wildman–Crippen LogP) is 4.57. The Labute approximate surface area is 270 Å². The number of halogens is 1. The third-order valence-electron chi connectivity index (χ3n) is 8.80. The molecule has 12 heteroatoms. The van der Waals surface area contributed by atoms with Gasteiger partial charge in [0.2, 0.25) is 0 Å². The molecule has 2 aromatic carbocycles. The van der Waals surface area contributed by atoms with E-state index >= 15 is 4.39 Å². The molecule has 1 fully saturated rings. The van der Waals surface area contributed by atoms with E-state index in [0.717, 1.165) is 29.0 Å². The molecule has 0 radical (unpaired) electrons. The summed E-state index contributed by atoms with van der Waals surface area (Å²) >= 11 is 0. The standard InChI is InChI=1S/C35H38FN7O4/c1-34(2,3)22-15-21-18-38-43(33(46)31(21)26(36)16-22)29-8-6-7-24(25(29)20-44)27-17-28(32(45)41(5)40-27)39-30-10-9-23(19-37-30)42-13-11-35(4,47)12-14-42/h6-10,15-19,44,47H,11-14,20H2,1-5H3,(H,37,39). The maximum absolute atomic E-state index is 15.4. The number of anilines is 3. The first kappa shape index (κ1) is 32.0. The van der Waals surface area contributed by atoms with Crippen LogP contribution in [0.15, 0.2) is 70.5 Å². The van der Waals surface area contributed by atoms with E-state index < -0.39 is 29.1 Å². The van der Waals surface area contributed by atoms with Crippen LogP contribution in [0.2, 0.25) is 0 Å². The first-order valence-electron chi connectivity index (χ1n) is 15.5. The number of nitrogens with zero attached hydrogens (tertiary/aromatic N) is 6. The number of nitrogens with one attached hydrogen (secondary N) is 1. The van der Waals surface area contributed by atoms with Gasteiger partial charge >= 0.3 is 0 Å². The molecule has 47 heavy (non-hydrogen) atoms. The van der Waals surface area contributed by atoms with Crippen molar-refractivity contribution in [2.24, 2.45) is 7.05 Å². The zero-order chi connectivity index (χ0) is 33.7. The van der Waals surface area contributed by atoms with Crippen LogP contribution in [0.3, 0.4) is 0 Å². The minimum atomic E-state index is -0.660. The molecule has 0 saturated carbocycles. The Balaban J connectivity index is 1.35. The molecule has 1 aliphatic heterocycles. The smallest absolute Gasteiger partial charge is 0.290 e. The normalized spacial score (nSPS) is 14.9. The fraction of sp³-hybridized carbons (Fsp3) is 0.343. The summed E-state index contributed by atoms with van der Waals surface area (Å²) in [5.74, 6) is -0.192. The Kier molecular flexibility index (Phi) is 8.18. The number of aliphatic hydroxyl groups is 2. The third kappa shape index (κ3) is 6.26. The molecule has 1 saturated heterocycles. The number of aliphatic hydroxyl groups excluding tert-OH is 1. The summed E-state index contributed by atoms with van der Waals surface area (Å²) in [6, 6.07) is 13.4. The van der Waals surface area contributed by atoms with Crippen LogP contribution >= 0.6 is 0 Å². The molecule has 0 bridgehead atoms. The Morgan fingerprint density at radius 1 is 1.02 bits per heavy atom. The number of hydrogen-bond acceptors (Lipinski definition) is 9. The number of hydrogen-bond donors (Lipinski definition) is 3. The lowest BCUT2D eigenvalue weighted by Crippen LogP contribution is -2.42. The van der Waals surface area contributed by atoms with E-state index in [4.69, 9.17) is 0 Å². The van der Waals surface area contributed by atoms with Crippen molar-refractivity contribution in [1.29, 1.82) is 0 Å². The molecule has 3 aromatic heterocycles. The highest BCUT2D eigenvalue weighted by Gasteiger charge is 2.27. The molecule has 6 rings (SSSR count). The van der Waals surface area contributed by atoms with Crippen LogP contribution < -0.4 is 21.3 Å². The van der Waals surface area contributed by atoms with Crippen LogP contribution in [-0.4, -0.2) is 53.4 Å². The summed E-state index contributed by atoms with van der Waals surface area (Å²) in [5, 5.41) is 33.0. The first-order chi connectivity index (χ1) is 22.3. The molecule has 11 nitrogen and oxygen atoms in total. The highest BCUT2D eigenvalue weighted by atomic mass is 19.1. The SMILES string of the molecule is Cn1nc(-c2cccc(-n3ncc4cc(C(C)(C)C)cc(F)c4c3=O)c2CO)cc(Nc2ccc(N3CCC(C)(O)CC3)cn2)c1=O. The highest BCUT2D eigenvalue weighted by molar-refractivity contribution is 5.83. The van der Waals surface area contributed by atoms with Crippen molar-refractivity contribution in [2.45, 2.75) is 58.2 Å². The highest BCUT2D eigenvalue weighted by Crippen LogP contribution is 2.31. The maximum atomic E-state index is 15.4. The van der Waals surface area contributed by atoms with Crippen molar-refractivity contribution in [3.05, 3.63) is 98.6 Å². The number of rotatable bonds is 6. The van der Waals surface area contributed by atoms with Gasteiger partial charge in [0.05, 0.1) is 47.1 Å². The predicted molar refractivity (Wildman–Crippen MR) is 180 cm³/mol. The van der Waals surface area contributed by atoms with Gasteiger partial charge < -0.3 is 20.4 Å². The van der Waals surface area contributed by atoms with E-state index in [1.54, 1.807) is 42.6 Å². The molecule has 1 aliphatic rings. The number of aromatic nitrogens is 5. The second-order valence-electron chi connectivity index (χ2n) is 13.4. The Bertz CT molecular complexity index is 2090. The minimum Gasteiger partial charge on any atom is -0.392 e. The number of aryl methyl sites for hydroxylation is 1. The fourth-order valence-electron chi connectivity index (χ4n) is 5.88. The Morgan fingerprint density at radius 2 is 1.77 bits per heavy atom. The summed E-state index contributed by atoms with van der Waals surface area (Å²) in [4.78, 5) is 33.4. The van der Waals surface area contributed by atoms with Crippen LogP contribution in [0.25, 0.3) is 27.7 Å². The van der Waals surface area contributed by atoms with Crippen molar-refractivity contribution >= 4 is 28.0 Å². The van der Waals surface area contributed by atoms with Crippen LogP contribution in [0.5, 0.6) is 0 Å². The number of pyridine rings is 1. The van der Waals surface area contributed by atoms with E-state index in [1.807, 2.05) is 33.8 Å². The molecule has 0 amide bonds. The molecule has 4 heterocycles. The van der Waals surface area contributed by atoms with E-state index in [0.29, 0.717) is 40.9 Å². The molecular weight excluding hydrogens is 601 g/mol. The van der Waals surface area contributed by atoms with Crippen molar-refractivity contribution in [3.63, 3.8) is 0 Å². The van der Waals surface area contributed by atoms with Gasteiger partial charge in [-0.2, -0.15) is 14.9 Å². The summed E-state index contributed by atoms with van der Waals surface area (Å²) < 4.78 is 17.6. The molecule has 0 aliphatic carbocycles. The molecule has 0 spiro atoms. The van der Waals surface area contributed by atoms with Gasteiger partial charge in [-0.1, -0.05) is 32.9 Å². The third-order valence-corrected chi connectivity index (χ3v) is 8.80. The molecular formula is C35H38FN7O4. The number of fused-ring (bicyclic) bond motifs is 1. The van der Waals surface area contributed by atoms with Gasteiger partial charge in [-0.15, -0.1) is 0 Å². The lowest BCUT2D eigenvalue weighted by molar-refractivity contribution is 0.0351. The monoisotopic (exact) mass is 639 g/mol. The van der Waals surface area contributed by atoms with E-state index in [-0.39, 0.29) is 22.2 Å². The molecule has 5 aromatic rings. The number of piperidine rings is 1. The van der Waals surface area contributed by atoms with Crippen LogP contribution in [-0.2, 0) is 19.1 Å². The summed E-state index contributed by atoms with van der Waals surface area (Å²) in [6.45, 7) is 8.70. The van der Waals surface area contributed by atoms with Gasteiger partial charge in [0.1, 0.15) is 17.3 Å². The topological polar surface area (TPSA) is 138 Å². The van der Waals surface area contributed by atoms with Crippen molar-refractivity contribution in [1.82, 2.24) is 24.5 Å². The van der Waals surface area contributed by atoms with Gasteiger partial charge in [-0.25, -0.2) is 14.1 Å². The molecule has 244 valence electrons. The van der Waals surface area contributed by atoms with Gasteiger partial charge in [-0.05, 0) is 67.1 Å². The maximum Gasteiger partial charge on any atom is 0.290 e. The summed E-state index contributed by atoms with van der Waals surface area (Å²) in [6.07, 6.45) is 4.51. The number of benzene rings is 2. The first-order valence-corrected chi connectivity index (χ1v) is 15.5. The Hall–Kier alpha value is -4.94. The summed E-state index contributed by atoms with van der Waals surface area (Å²) in [5.41, 5.74) is 1.25. The van der Waals surface area contributed by atoms with E-state index in [1.165, 1.54) is 24.0 Å². The van der Waals surface area contributed by atoms with Crippen LogP contribution in [0.1, 0.15) is 51.7 Å². The van der Waals surface area contributed by atoms with Gasteiger partial charge in [-0.3, -0.25) is 9.59 Å². The molecule has 0 unspecified atom stereocenters. The van der Waals surface area contributed by atoms with E-state index in [2.05, 4.69) is 25.4 Å². The second-order valence-corrected chi connectivity index (χ2v) is 13.4. The summed E-state index contributed by atoms with van der Waals surface area (Å²) in [7, 11) is 1.52. The lowest BCUT2D eigenvalue weighted by atomic mass is 9.86. The molecule has 3 N–H and O–H groups in total. The van der Waals surface area contributed by atoms with Crippen LogP contribution in [0.4, 0.5) is 21.6 Å². The lowest BCUT2D eigenvalue weighted by Gasteiger charge is -2.37. The largest absolute Gasteiger partial charge is 0.392 e. The fourth-order valence-corrected chi connectivity index (χ4v) is 5.88. The quantitative estimate of drug-likeness (QED) is 0.244. The van der Waals surface area contributed by atoms with Gasteiger partial charge in [0.25, 0.3) is 11.1 Å². The van der Waals surface area contributed by atoms with Gasteiger partial charge in [0, 0.05) is 36.7 Å². The van der Waals surface area contributed by atoms with Crippen molar-refractivity contribution in [3.8, 4) is 16.9 Å². The average Bonchev–Trinajstić information content (AvgIpc) is 3.02. The van der Waals surface area contributed by atoms with Gasteiger partial charge in [0.15, 0.2) is 0 Å². The average molecular weight is 640 g/mol.